The van der Waals surface area contributed by atoms with Gasteiger partial charge < -0.3 is 9.84 Å². The van der Waals surface area contributed by atoms with Crippen molar-refractivity contribution in [3.8, 4) is 0 Å². The van der Waals surface area contributed by atoms with Crippen molar-refractivity contribution >= 4 is 0 Å². The second-order valence-corrected chi connectivity index (χ2v) is 5.59. The van der Waals surface area contributed by atoms with Gasteiger partial charge in [-0.1, -0.05) is 26.2 Å². The monoisotopic (exact) mass is 241 g/mol. The first-order chi connectivity index (χ1) is 8.29. The Morgan fingerprint density at radius 3 is 2.71 bits per heavy atom. The van der Waals surface area contributed by atoms with E-state index in [0.29, 0.717) is 6.04 Å². The van der Waals surface area contributed by atoms with Gasteiger partial charge >= 0.3 is 0 Å². The Bertz CT molecular complexity index is 221. The van der Waals surface area contributed by atoms with E-state index in [1.807, 2.05) is 0 Å². The first-order valence-corrected chi connectivity index (χ1v) is 7.28. The average molecular weight is 241 g/mol. The fraction of sp³-hybridized carbons (Fsp3) is 1.00. The highest BCUT2D eigenvalue weighted by Crippen LogP contribution is 2.39. The second kappa shape index (κ2) is 6.17. The van der Waals surface area contributed by atoms with Crippen molar-refractivity contribution in [1.82, 2.24) is 4.90 Å². The molecule has 2 aliphatic rings. The molecule has 0 aromatic rings. The number of nitrogens with zero attached hydrogens (tertiary/aromatic N) is 1. The van der Waals surface area contributed by atoms with Crippen LogP contribution in [0.3, 0.4) is 0 Å². The third-order valence-corrected chi connectivity index (χ3v) is 4.54. The maximum atomic E-state index is 9.13. The Morgan fingerprint density at radius 1 is 1.29 bits per heavy atom. The molecular formula is C14H27NO2. The van der Waals surface area contributed by atoms with Crippen molar-refractivity contribution in [2.45, 2.75) is 63.5 Å². The van der Waals surface area contributed by atoms with Crippen molar-refractivity contribution in [3.05, 3.63) is 0 Å². The molecule has 1 aliphatic carbocycles. The summed E-state index contributed by atoms with van der Waals surface area (Å²) in [5.74, 6) is 0. The zero-order valence-corrected chi connectivity index (χ0v) is 11.2. The molecule has 1 saturated carbocycles. The molecule has 1 saturated heterocycles. The normalized spacial score (nSPS) is 28.8. The van der Waals surface area contributed by atoms with Crippen LogP contribution >= 0.6 is 0 Å². The lowest BCUT2D eigenvalue weighted by atomic mass is 9.78. The van der Waals surface area contributed by atoms with E-state index in [9.17, 15) is 0 Å². The van der Waals surface area contributed by atoms with Crippen LogP contribution in [0.25, 0.3) is 0 Å². The van der Waals surface area contributed by atoms with Crippen molar-refractivity contribution in [2.75, 3.05) is 26.3 Å². The fourth-order valence-electron chi connectivity index (χ4n) is 3.59. The summed E-state index contributed by atoms with van der Waals surface area (Å²) in [4.78, 5) is 2.43. The number of rotatable bonds is 4. The molecule has 1 aliphatic heterocycles. The van der Waals surface area contributed by atoms with E-state index in [4.69, 9.17) is 9.84 Å². The molecule has 0 bridgehead atoms. The molecule has 1 atom stereocenters. The topological polar surface area (TPSA) is 32.7 Å². The van der Waals surface area contributed by atoms with Crippen molar-refractivity contribution in [2.24, 2.45) is 0 Å². The van der Waals surface area contributed by atoms with E-state index < -0.39 is 0 Å². The molecule has 0 amide bonds. The molecule has 1 heterocycles. The number of hydrogen-bond donors (Lipinski definition) is 1. The molecule has 3 nitrogen and oxygen atoms in total. The van der Waals surface area contributed by atoms with Gasteiger partial charge in [-0.25, -0.2) is 0 Å². The van der Waals surface area contributed by atoms with E-state index in [2.05, 4.69) is 11.8 Å². The summed E-state index contributed by atoms with van der Waals surface area (Å²) >= 11 is 0. The van der Waals surface area contributed by atoms with Crippen LogP contribution in [0.2, 0.25) is 0 Å². The lowest BCUT2D eigenvalue weighted by Gasteiger charge is -2.46. The summed E-state index contributed by atoms with van der Waals surface area (Å²) in [6.45, 7) is 5.24. The lowest BCUT2D eigenvalue weighted by Crippen LogP contribution is -2.50. The lowest BCUT2D eigenvalue weighted by molar-refractivity contribution is -0.124. The molecule has 0 aromatic carbocycles. The summed E-state index contributed by atoms with van der Waals surface area (Å²) in [7, 11) is 0. The van der Waals surface area contributed by atoms with Gasteiger partial charge in [0.15, 0.2) is 0 Å². The number of hydrogen-bond acceptors (Lipinski definition) is 3. The Hall–Kier alpha value is -0.120. The number of ether oxygens (including phenoxy) is 1. The van der Waals surface area contributed by atoms with Gasteiger partial charge in [0.1, 0.15) is 0 Å². The minimum atomic E-state index is 0.185. The highest BCUT2D eigenvalue weighted by Gasteiger charge is 2.39. The van der Waals surface area contributed by atoms with Gasteiger partial charge in [-0.15, -0.1) is 0 Å². The minimum Gasteiger partial charge on any atom is -0.395 e. The van der Waals surface area contributed by atoms with Crippen LogP contribution in [0.1, 0.15) is 51.9 Å². The molecule has 100 valence electrons. The maximum absolute atomic E-state index is 9.13. The van der Waals surface area contributed by atoms with Crippen LogP contribution in [0.4, 0.5) is 0 Å². The fourth-order valence-corrected chi connectivity index (χ4v) is 3.59. The summed E-state index contributed by atoms with van der Waals surface area (Å²) < 4.78 is 6.12. The Morgan fingerprint density at radius 2 is 2.06 bits per heavy atom. The Labute approximate surface area is 105 Å². The van der Waals surface area contributed by atoms with E-state index in [0.717, 1.165) is 26.1 Å². The summed E-state index contributed by atoms with van der Waals surface area (Å²) in [6, 6.07) is 0.624. The summed E-state index contributed by atoms with van der Waals surface area (Å²) in [5, 5.41) is 9.13. The van der Waals surface area contributed by atoms with Crippen molar-refractivity contribution in [3.63, 3.8) is 0 Å². The SMILES string of the molecule is CCN(CCO)C1CCOC2(CCCCC2)C1. The molecule has 1 unspecified atom stereocenters. The predicted molar refractivity (Wildman–Crippen MR) is 69.1 cm³/mol. The molecule has 17 heavy (non-hydrogen) atoms. The van der Waals surface area contributed by atoms with E-state index in [1.54, 1.807) is 0 Å². The van der Waals surface area contributed by atoms with Crippen LogP contribution in [0, 0.1) is 0 Å². The average Bonchev–Trinajstić information content (AvgIpc) is 2.37. The standard InChI is InChI=1S/C14H27NO2/c1-2-15(9-10-16)13-6-11-17-14(12-13)7-4-3-5-8-14/h13,16H,2-12H2,1H3. The van der Waals surface area contributed by atoms with Gasteiger partial charge in [0, 0.05) is 19.2 Å². The third-order valence-electron chi connectivity index (χ3n) is 4.54. The van der Waals surface area contributed by atoms with Gasteiger partial charge in [0.05, 0.1) is 12.2 Å². The number of aliphatic hydroxyl groups excluding tert-OH is 1. The first kappa shape index (κ1) is 13.3. The third kappa shape index (κ3) is 3.21. The molecule has 2 fully saturated rings. The van der Waals surface area contributed by atoms with Crippen LogP contribution in [0.15, 0.2) is 0 Å². The van der Waals surface area contributed by atoms with E-state index in [1.165, 1.54) is 38.5 Å². The van der Waals surface area contributed by atoms with E-state index >= 15 is 0 Å². The predicted octanol–water partition coefficient (Wildman–Crippen LogP) is 2.18. The van der Waals surface area contributed by atoms with Crippen molar-refractivity contribution in [1.29, 1.82) is 0 Å². The van der Waals surface area contributed by atoms with Crippen LogP contribution in [-0.4, -0.2) is 48.0 Å². The number of aliphatic hydroxyl groups is 1. The van der Waals surface area contributed by atoms with Gasteiger partial charge in [-0.05, 0) is 32.2 Å². The first-order valence-electron chi connectivity index (χ1n) is 7.28. The smallest absolute Gasteiger partial charge is 0.0697 e. The zero-order chi connectivity index (χ0) is 12.1. The molecule has 1 spiro atoms. The van der Waals surface area contributed by atoms with Gasteiger partial charge in [-0.2, -0.15) is 0 Å². The summed E-state index contributed by atoms with van der Waals surface area (Å²) in [6.07, 6.45) is 8.86. The highest BCUT2D eigenvalue weighted by atomic mass is 16.5. The Kier molecular flexibility index (Phi) is 4.83. The quantitative estimate of drug-likeness (QED) is 0.819. The van der Waals surface area contributed by atoms with Crippen molar-refractivity contribution < 1.29 is 9.84 Å². The molecule has 0 radical (unpaired) electrons. The van der Waals surface area contributed by atoms with Crippen LogP contribution < -0.4 is 0 Å². The molecule has 3 heteroatoms. The molecule has 2 rings (SSSR count). The van der Waals surface area contributed by atoms with Gasteiger partial charge in [-0.3, -0.25) is 4.90 Å². The number of likely N-dealkylation sites (N-methyl/N-ethyl adjacent to an activating group) is 1. The zero-order valence-electron chi connectivity index (χ0n) is 11.2. The second-order valence-electron chi connectivity index (χ2n) is 5.59. The molecular weight excluding hydrogens is 214 g/mol. The largest absolute Gasteiger partial charge is 0.395 e. The van der Waals surface area contributed by atoms with Gasteiger partial charge in [0.2, 0.25) is 0 Å². The van der Waals surface area contributed by atoms with Crippen LogP contribution in [0.5, 0.6) is 0 Å². The van der Waals surface area contributed by atoms with E-state index in [-0.39, 0.29) is 12.2 Å². The van der Waals surface area contributed by atoms with Gasteiger partial charge in [0.25, 0.3) is 0 Å². The summed E-state index contributed by atoms with van der Waals surface area (Å²) in [5.41, 5.74) is 0.185. The minimum absolute atomic E-state index is 0.185. The van der Waals surface area contributed by atoms with Crippen LogP contribution in [-0.2, 0) is 4.74 Å². The Balaban J connectivity index is 1.95. The highest BCUT2D eigenvalue weighted by molar-refractivity contribution is 4.92. The maximum Gasteiger partial charge on any atom is 0.0697 e. The molecule has 0 aromatic heterocycles. The molecule has 1 N–H and O–H groups in total.